The molecule has 4 rings (SSSR count). The summed E-state index contributed by atoms with van der Waals surface area (Å²) in [6.07, 6.45) is 4.43. The van der Waals surface area contributed by atoms with E-state index in [1.807, 2.05) is 0 Å². The molecule has 2 aromatic rings. The molecule has 30 heavy (non-hydrogen) atoms. The van der Waals surface area contributed by atoms with Gasteiger partial charge in [0.25, 0.3) is 5.91 Å². The minimum Gasteiger partial charge on any atom is -0.473 e. The fourth-order valence-corrected chi connectivity index (χ4v) is 4.75. The number of amides is 1. The molecule has 1 fully saturated rings. The molecule has 0 radical (unpaired) electrons. The quantitative estimate of drug-likeness (QED) is 0.670. The molecule has 160 valence electrons. The summed E-state index contributed by atoms with van der Waals surface area (Å²) in [5.41, 5.74) is 1.00. The van der Waals surface area contributed by atoms with Gasteiger partial charge in [-0.25, -0.2) is 9.97 Å². The first kappa shape index (κ1) is 21.0. The number of thiazole rings is 1. The number of nitrogens with one attached hydrogen (secondary N) is 1. The van der Waals surface area contributed by atoms with Crippen molar-refractivity contribution < 1.29 is 23.8 Å². The molecule has 1 saturated heterocycles. The molecule has 1 N–H and O–H groups in total. The van der Waals surface area contributed by atoms with Gasteiger partial charge in [-0.2, -0.15) is 0 Å². The summed E-state index contributed by atoms with van der Waals surface area (Å²) >= 11 is 7.65. The zero-order valence-electron chi connectivity index (χ0n) is 16.5. The molecular formula is C20H22ClN3O5S. The lowest BCUT2D eigenvalue weighted by Crippen LogP contribution is -2.26. The number of esters is 1. The smallest absolute Gasteiger partial charge is 0.315 e. The number of carbonyl (C=O) groups excluding carboxylic acids is 2. The van der Waals surface area contributed by atoms with Crippen LogP contribution in [-0.2, 0) is 20.7 Å². The highest BCUT2D eigenvalue weighted by molar-refractivity contribution is 7.16. The van der Waals surface area contributed by atoms with Gasteiger partial charge >= 0.3 is 5.97 Å². The average molecular weight is 452 g/mol. The van der Waals surface area contributed by atoms with E-state index >= 15 is 0 Å². The van der Waals surface area contributed by atoms with E-state index in [1.165, 1.54) is 23.6 Å². The van der Waals surface area contributed by atoms with Gasteiger partial charge in [0.1, 0.15) is 17.0 Å². The number of halogens is 1. The Bertz CT molecular complexity index is 945. The number of anilines is 1. The molecule has 1 atom stereocenters. The van der Waals surface area contributed by atoms with E-state index in [2.05, 4.69) is 15.3 Å². The molecule has 1 aliphatic heterocycles. The van der Waals surface area contributed by atoms with E-state index in [4.69, 9.17) is 25.8 Å². The van der Waals surface area contributed by atoms with Gasteiger partial charge in [-0.1, -0.05) is 11.6 Å². The van der Waals surface area contributed by atoms with Gasteiger partial charge in [-0.05, 0) is 25.8 Å². The Balaban J connectivity index is 1.41. The van der Waals surface area contributed by atoms with E-state index in [-0.39, 0.29) is 28.9 Å². The highest BCUT2D eigenvalue weighted by atomic mass is 35.5. The van der Waals surface area contributed by atoms with Gasteiger partial charge in [-0.15, -0.1) is 11.3 Å². The number of carbonyl (C=O) groups is 2. The molecule has 0 bridgehead atoms. The van der Waals surface area contributed by atoms with Crippen molar-refractivity contribution in [3.05, 3.63) is 33.4 Å². The number of nitrogens with zero attached hydrogens (tertiary/aromatic N) is 2. The zero-order chi connectivity index (χ0) is 21.1. The molecule has 0 saturated carbocycles. The molecule has 8 nitrogen and oxygen atoms in total. The second kappa shape index (κ2) is 9.28. The molecule has 1 aliphatic carbocycles. The van der Waals surface area contributed by atoms with Gasteiger partial charge in [0.05, 0.1) is 31.1 Å². The van der Waals surface area contributed by atoms with Crippen molar-refractivity contribution in [1.82, 2.24) is 9.97 Å². The highest BCUT2D eigenvalue weighted by Crippen LogP contribution is 2.39. The maximum Gasteiger partial charge on any atom is 0.315 e. The minimum atomic E-state index is -0.373. The monoisotopic (exact) mass is 451 g/mol. The van der Waals surface area contributed by atoms with E-state index in [9.17, 15) is 9.59 Å². The van der Waals surface area contributed by atoms with Gasteiger partial charge in [0.15, 0.2) is 5.13 Å². The number of hydrogen-bond acceptors (Lipinski definition) is 8. The highest BCUT2D eigenvalue weighted by Gasteiger charge is 2.34. The van der Waals surface area contributed by atoms with Crippen LogP contribution in [0.1, 0.15) is 53.0 Å². The normalized spacial score (nSPS) is 18.7. The first-order chi connectivity index (χ1) is 14.5. The second-order valence-electron chi connectivity index (χ2n) is 7.07. The summed E-state index contributed by atoms with van der Waals surface area (Å²) in [5.74, 6) is -0.692. The van der Waals surface area contributed by atoms with Crippen molar-refractivity contribution in [2.24, 2.45) is 0 Å². The fourth-order valence-electron chi connectivity index (χ4n) is 3.51. The van der Waals surface area contributed by atoms with Crippen LogP contribution in [0.4, 0.5) is 5.13 Å². The first-order valence-corrected chi connectivity index (χ1v) is 11.1. The molecule has 1 amide bonds. The Hall–Kier alpha value is -2.23. The Morgan fingerprint density at radius 1 is 1.33 bits per heavy atom. The zero-order valence-corrected chi connectivity index (χ0v) is 18.1. The second-order valence-corrected chi connectivity index (χ2v) is 8.56. The predicted octanol–water partition coefficient (Wildman–Crippen LogP) is 3.59. The molecular weight excluding hydrogens is 430 g/mol. The average Bonchev–Trinajstić information content (AvgIpc) is 3.30. The Labute approximate surface area is 182 Å². The summed E-state index contributed by atoms with van der Waals surface area (Å²) in [5, 5.41) is 3.49. The van der Waals surface area contributed by atoms with Gasteiger partial charge in [-0.3, -0.25) is 14.9 Å². The van der Waals surface area contributed by atoms with Crippen molar-refractivity contribution in [2.75, 3.05) is 25.1 Å². The topological polar surface area (TPSA) is 99.6 Å². The van der Waals surface area contributed by atoms with E-state index in [1.54, 1.807) is 6.92 Å². The van der Waals surface area contributed by atoms with Crippen LogP contribution in [0.5, 0.6) is 5.88 Å². The van der Waals surface area contributed by atoms with E-state index in [0.29, 0.717) is 48.5 Å². The SMILES string of the molecule is CCOC(=O)C1CCc2sc(NC(=O)c3cnc(OC4CCOCC4)c(Cl)c3)nc21. The van der Waals surface area contributed by atoms with Crippen LogP contribution < -0.4 is 10.1 Å². The van der Waals surface area contributed by atoms with Crippen molar-refractivity contribution in [3.8, 4) is 5.88 Å². The number of ether oxygens (including phenoxy) is 3. The summed E-state index contributed by atoms with van der Waals surface area (Å²) in [6, 6.07) is 1.53. The van der Waals surface area contributed by atoms with Crippen LogP contribution in [-0.4, -0.2) is 47.8 Å². The minimum absolute atomic E-state index is 0.00785. The summed E-state index contributed by atoms with van der Waals surface area (Å²) in [4.78, 5) is 34.4. The number of aromatic nitrogens is 2. The van der Waals surface area contributed by atoms with E-state index in [0.717, 1.165) is 24.1 Å². The first-order valence-electron chi connectivity index (χ1n) is 9.92. The maximum atomic E-state index is 12.6. The number of aryl methyl sites for hydroxylation is 1. The fraction of sp³-hybridized carbons (Fsp3) is 0.500. The lowest BCUT2D eigenvalue weighted by molar-refractivity contribution is -0.145. The van der Waals surface area contributed by atoms with Gasteiger partial charge < -0.3 is 14.2 Å². The molecule has 2 aromatic heterocycles. The Morgan fingerprint density at radius 2 is 2.13 bits per heavy atom. The predicted molar refractivity (Wildman–Crippen MR) is 111 cm³/mol. The van der Waals surface area contributed by atoms with Crippen molar-refractivity contribution >= 4 is 39.9 Å². The van der Waals surface area contributed by atoms with Gasteiger partial charge in [0.2, 0.25) is 5.88 Å². The third-order valence-corrected chi connectivity index (χ3v) is 6.34. The summed E-state index contributed by atoms with van der Waals surface area (Å²) < 4.78 is 16.3. The van der Waals surface area contributed by atoms with Crippen LogP contribution in [0.15, 0.2) is 12.3 Å². The maximum absolute atomic E-state index is 12.6. The van der Waals surface area contributed by atoms with Crippen LogP contribution in [0.25, 0.3) is 0 Å². The molecule has 10 heteroatoms. The number of pyridine rings is 1. The molecule has 3 heterocycles. The molecule has 1 unspecified atom stereocenters. The van der Waals surface area contributed by atoms with Crippen LogP contribution >= 0.6 is 22.9 Å². The third-order valence-electron chi connectivity index (χ3n) is 5.03. The summed E-state index contributed by atoms with van der Waals surface area (Å²) in [7, 11) is 0. The number of fused-ring (bicyclic) bond motifs is 1. The lowest BCUT2D eigenvalue weighted by atomic mass is 10.1. The van der Waals surface area contributed by atoms with Crippen LogP contribution in [0.3, 0.4) is 0 Å². The van der Waals surface area contributed by atoms with Crippen LogP contribution in [0, 0.1) is 0 Å². The molecule has 0 spiro atoms. The lowest BCUT2D eigenvalue weighted by Gasteiger charge is -2.23. The van der Waals surface area contributed by atoms with Gasteiger partial charge in [0, 0.05) is 23.9 Å². The standard InChI is InChI=1S/C20H22ClN3O5S/c1-2-28-19(26)13-3-4-15-16(13)23-20(30-15)24-17(25)11-9-14(21)18(22-10-11)29-12-5-7-27-8-6-12/h9-10,12-13H,2-8H2,1H3,(H,23,24,25). The Kier molecular flexibility index (Phi) is 6.50. The largest absolute Gasteiger partial charge is 0.473 e. The number of hydrogen-bond donors (Lipinski definition) is 1. The van der Waals surface area contributed by atoms with Crippen molar-refractivity contribution in [2.45, 2.75) is 44.6 Å². The van der Waals surface area contributed by atoms with Crippen molar-refractivity contribution in [3.63, 3.8) is 0 Å². The van der Waals surface area contributed by atoms with E-state index < -0.39 is 0 Å². The Morgan fingerprint density at radius 3 is 2.87 bits per heavy atom. The van der Waals surface area contributed by atoms with Crippen molar-refractivity contribution in [1.29, 1.82) is 0 Å². The molecule has 0 aromatic carbocycles. The number of rotatable bonds is 6. The third kappa shape index (κ3) is 4.58. The van der Waals surface area contributed by atoms with Crippen LogP contribution in [0.2, 0.25) is 5.02 Å². The molecule has 2 aliphatic rings. The summed E-state index contributed by atoms with van der Waals surface area (Å²) in [6.45, 7) is 3.41.